The van der Waals surface area contributed by atoms with E-state index in [1.807, 2.05) is 0 Å². The first-order chi connectivity index (χ1) is 9.31. The molecule has 1 amide bonds. The number of nitrogens with zero attached hydrogens (tertiary/aromatic N) is 1. The summed E-state index contributed by atoms with van der Waals surface area (Å²) in [6.07, 6.45) is 3.47. The lowest BCUT2D eigenvalue weighted by Gasteiger charge is -2.42. The highest BCUT2D eigenvalue weighted by molar-refractivity contribution is 5.97. The van der Waals surface area contributed by atoms with Crippen LogP contribution in [0.1, 0.15) is 32.6 Å². The van der Waals surface area contributed by atoms with Crippen molar-refractivity contribution in [1.82, 2.24) is 10.2 Å². The van der Waals surface area contributed by atoms with Crippen LogP contribution in [0.4, 0.5) is 8.78 Å². The minimum Gasteiger partial charge on any atom is -0.347 e. The van der Waals surface area contributed by atoms with Gasteiger partial charge in [-0.1, -0.05) is 6.08 Å². The van der Waals surface area contributed by atoms with Gasteiger partial charge >= 0.3 is 0 Å². The molecule has 1 spiro atoms. The van der Waals surface area contributed by atoms with Gasteiger partial charge in [-0.3, -0.25) is 9.59 Å². The maximum absolute atomic E-state index is 13.3. The third kappa shape index (κ3) is 2.46. The lowest BCUT2D eigenvalue weighted by Crippen LogP contribution is -2.54. The highest BCUT2D eigenvalue weighted by Crippen LogP contribution is 2.43. The lowest BCUT2D eigenvalue weighted by atomic mass is 9.86. The maximum atomic E-state index is 13.3. The Kier molecular flexibility index (Phi) is 3.67. The number of carbonyl (C=O) groups excluding carboxylic acids is 2. The van der Waals surface area contributed by atoms with Crippen LogP contribution in [0.2, 0.25) is 0 Å². The molecule has 2 aliphatic rings. The van der Waals surface area contributed by atoms with Crippen molar-refractivity contribution < 1.29 is 18.4 Å². The Morgan fingerprint density at radius 2 is 1.90 bits per heavy atom. The van der Waals surface area contributed by atoms with Crippen molar-refractivity contribution in [2.75, 3.05) is 7.05 Å². The SMILES string of the molecule is CC(/C=C\C=O)=C1\C(=O)NC2(CCC(F)(F)CC2)N1C. The van der Waals surface area contributed by atoms with E-state index in [4.69, 9.17) is 0 Å². The summed E-state index contributed by atoms with van der Waals surface area (Å²) >= 11 is 0. The van der Waals surface area contributed by atoms with E-state index >= 15 is 0 Å². The molecule has 0 atom stereocenters. The number of carbonyl (C=O) groups is 2. The molecule has 110 valence electrons. The summed E-state index contributed by atoms with van der Waals surface area (Å²) < 4.78 is 26.6. The fourth-order valence-corrected chi connectivity index (χ4v) is 2.92. The van der Waals surface area contributed by atoms with E-state index in [0.29, 0.717) is 17.6 Å². The molecule has 20 heavy (non-hydrogen) atoms. The van der Waals surface area contributed by atoms with E-state index in [1.165, 1.54) is 6.08 Å². The normalized spacial score (nSPS) is 27.0. The Hall–Kier alpha value is -1.72. The van der Waals surface area contributed by atoms with Gasteiger partial charge in [-0.25, -0.2) is 8.78 Å². The van der Waals surface area contributed by atoms with Gasteiger partial charge in [0, 0.05) is 19.9 Å². The molecule has 1 N–H and O–H groups in total. The number of likely N-dealkylation sites (N-methyl/N-ethyl adjacent to an activating group) is 1. The molecule has 1 saturated carbocycles. The van der Waals surface area contributed by atoms with E-state index in [1.54, 1.807) is 24.9 Å². The summed E-state index contributed by atoms with van der Waals surface area (Å²) in [4.78, 5) is 24.2. The molecule has 0 unspecified atom stereocenters. The largest absolute Gasteiger partial charge is 0.347 e. The van der Waals surface area contributed by atoms with Gasteiger partial charge in [0.2, 0.25) is 5.92 Å². The Balaban J connectivity index is 2.27. The standard InChI is InChI=1S/C14H18F2N2O2/c1-10(4-3-9-19)11-12(20)17-14(18(11)2)7-5-13(15,16)6-8-14/h3-4,9H,5-8H2,1-2H3,(H,17,20)/b4-3-,11-10-. The summed E-state index contributed by atoms with van der Waals surface area (Å²) in [6, 6.07) is 0. The second-order valence-corrected chi connectivity index (χ2v) is 5.43. The zero-order chi connectivity index (χ0) is 15.0. The van der Waals surface area contributed by atoms with Crippen LogP contribution in [0.5, 0.6) is 0 Å². The van der Waals surface area contributed by atoms with Crippen molar-refractivity contribution in [1.29, 1.82) is 0 Å². The van der Waals surface area contributed by atoms with Crippen LogP contribution in [0.3, 0.4) is 0 Å². The van der Waals surface area contributed by atoms with Crippen LogP contribution >= 0.6 is 0 Å². The maximum Gasteiger partial charge on any atom is 0.269 e. The minimum absolute atomic E-state index is 0.219. The molecule has 1 aliphatic heterocycles. The highest BCUT2D eigenvalue weighted by Gasteiger charge is 2.51. The topological polar surface area (TPSA) is 49.4 Å². The number of allylic oxidation sites excluding steroid dienone is 3. The first-order valence-corrected chi connectivity index (χ1v) is 6.58. The van der Waals surface area contributed by atoms with Crippen molar-refractivity contribution in [3.05, 3.63) is 23.4 Å². The van der Waals surface area contributed by atoms with Gasteiger partial charge in [0.1, 0.15) is 17.6 Å². The van der Waals surface area contributed by atoms with Crippen molar-refractivity contribution in [2.24, 2.45) is 0 Å². The Bertz CT molecular complexity index is 487. The number of nitrogens with one attached hydrogen (secondary N) is 1. The summed E-state index contributed by atoms with van der Waals surface area (Å²) in [5, 5.41) is 2.84. The van der Waals surface area contributed by atoms with Crippen LogP contribution in [0.25, 0.3) is 0 Å². The molecule has 4 nitrogen and oxygen atoms in total. The second kappa shape index (κ2) is 5.00. The summed E-state index contributed by atoms with van der Waals surface area (Å²) in [7, 11) is 1.73. The molecule has 0 radical (unpaired) electrons. The first-order valence-electron chi connectivity index (χ1n) is 6.58. The van der Waals surface area contributed by atoms with Crippen LogP contribution in [0.15, 0.2) is 23.4 Å². The summed E-state index contributed by atoms with van der Waals surface area (Å²) in [5.74, 6) is -2.92. The van der Waals surface area contributed by atoms with E-state index in [0.717, 1.165) is 0 Å². The quantitative estimate of drug-likeness (QED) is 0.623. The molecule has 0 bridgehead atoms. The molecule has 6 heteroatoms. The third-order valence-corrected chi connectivity index (χ3v) is 4.15. The predicted octanol–water partition coefficient (Wildman–Crippen LogP) is 1.98. The summed E-state index contributed by atoms with van der Waals surface area (Å²) in [5.41, 5.74) is 0.365. The fraction of sp³-hybridized carbons (Fsp3) is 0.571. The molecule has 0 aromatic heterocycles. The van der Waals surface area contributed by atoms with Crippen LogP contribution in [0, 0.1) is 0 Å². The van der Waals surface area contributed by atoms with Gasteiger partial charge in [-0.15, -0.1) is 0 Å². The average Bonchev–Trinajstić information content (AvgIpc) is 2.63. The van der Waals surface area contributed by atoms with Crippen LogP contribution < -0.4 is 5.32 Å². The molecule has 2 fully saturated rings. The van der Waals surface area contributed by atoms with Gasteiger partial charge in [0.25, 0.3) is 5.91 Å². The van der Waals surface area contributed by atoms with Gasteiger partial charge in [-0.05, 0) is 31.4 Å². The number of aldehydes is 1. The van der Waals surface area contributed by atoms with E-state index in [-0.39, 0.29) is 31.6 Å². The van der Waals surface area contributed by atoms with Crippen LogP contribution in [-0.4, -0.2) is 35.7 Å². The number of hydrogen-bond donors (Lipinski definition) is 1. The summed E-state index contributed by atoms with van der Waals surface area (Å²) in [6.45, 7) is 1.72. The van der Waals surface area contributed by atoms with E-state index in [2.05, 4.69) is 5.32 Å². The number of hydrogen-bond acceptors (Lipinski definition) is 3. The Morgan fingerprint density at radius 1 is 1.30 bits per heavy atom. The number of halogens is 2. The zero-order valence-electron chi connectivity index (χ0n) is 11.6. The van der Waals surface area contributed by atoms with E-state index < -0.39 is 11.6 Å². The molecular formula is C14H18F2N2O2. The molecule has 1 aliphatic carbocycles. The second-order valence-electron chi connectivity index (χ2n) is 5.43. The smallest absolute Gasteiger partial charge is 0.269 e. The highest BCUT2D eigenvalue weighted by atomic mass is 19.3. The molecule has 1 heterocycles. The van der Waals surface area contributed by atoms with Crippen molar-refractivity contribution in [3.8, 4) is 0 Å². The Morgan fingerprint density at radius 3 is 2.45 bits per heavy atom. The van der Waals surface area contributed by atoms with Crippen molar-refractivity contribution in [3.63, 3.8) is 0 Å². The molecule has 0 aromatic carbocycles. The third-order valence-electron chi connectivity index (χ3n) is 4.15. The minimum atomic E-state index is -2.64. The predicted molar refractivity (Wildman–Crippen MR) is 70.0 cm³/mol. The van der Waals surface area contributed by atoms with Crippen LogP contribution in [-0.2, 0) is 9.59 Å². The van der Waals surface area contributed by atoms with Crippen molar-refractivity contribution in [2.45, 2.75) is 44.2 Å². The number of rotatable bonds is 2. The average molecular weight is 284 g/mol. The monoisotopic (exact) mass is 284 g/mol. The molecular weight excluding hydrogens is 266 g/mol. The van der Waals surface area contributed by atoms with Gasteiger partial charge in [-0.2, -0.15) is 0 Å². The van der Waals surface area contributed by atoms with Gasteiger partial charge in [0.05, 0.1) is 0 Å². The van der Waals surface area contributed by atoms with E-state index in [9.17, 15) is 18.4 Å². The fourth-order valence-electron chi connectivity index (χ4n) is 2.92. The molecule has 0 aromatic rings. The number of amides is 1. The Labute approximate surface area is 116 Å². The van der Waals surface area contributed by atoms with Gasteiger partial charge < -0.3 is 10.2 Å². The molecule has 2 rings (SSSR count). The first kappa shape index (κ1) is 14.7. The lowest BCUT2D eigenvalue weighted by molar-refractivity contribution is -0.118. The molecule has 1 saturated heterocycles. The van der Waals surface area contributed by atoms with Gasteiger partial charge in [0.15, 0.2) is 0 Å². The zero-order valence-corrected chi connectivity index (χ0v) is 11.6. The van der Waals surface area contributed by atoms with Crippen molar-refractivity contribution >= 4 is 12.2 Å². The number of alkyl halides is 2.